The molecule has 0 fully saturated rings. The third kappa shape index (κ3) is 2.75. The predicted molar refractivity (Wildman–Crippen MR) is 107 cm³/mol. The van der Waals surface area contributed by atoms with Crippen LogP contribution in [0.15, 0.2) is 74.6 Å². The van der Waals surface area contributed by atoms with Gasteiger partial charge in [0, 0.05) is 16.9 Å². The largest absolute Gasteiger partial charge is 0.450 e. The number of carbonyl (C=O) groups excluding carboxylic acids is 1. The zero-order valence-electron chi connectivity index (χ0n) is 14.7. The normalized spacial score (nSPS) is 15.7. The lowest BCUT2D eigenvalue weighted by molar-refractivity contribution is 0.0969. The first-order chi connectivity index (χ1) is 14.0. The van der Waals surface area contributed by atoms with Crippen molar-refractivity contribution in [2.45, 2.75) is 6.04 Å². The van der Waals surface area contributed by atoms with Gasteiger partial charge in [-0.05, 0) is 42.0 Å². The van der Waals surface area contributed by atoms with Gasteiger partial charge in [-0.3, -0.25) is 14.5 Å². The molecule has 0 bridgehead atoms. The highest BCUT2D eigenvalue weighted by Crippen LogP contribution is 2.40. The van der Waals surface area contributed by atoms with E-state index in [-0.39, 0.29) is 28.2 Å². The first-order valence-electron chi connectivity index (χ1n) is 8.67. The van der Waals surface area contributed by atoms with Crippen molar-refractivity contribution in [2.75, 3.05) is 4.90 Å². The highest BCUT2D eigenvalue weighted by Gasteiger charge is 2.44. The molecule has 1 aliphatic heterocycles. The maximum absolute atomic E-state index is 13.8. The molecule has 0 saturated heterocycles. The minimum absolute atomic E-state index is 0.0763. The van der Waals surface area contributed by atoms with Gasteiger partial charge in [0.05, 0.1) is 17.0 Å². The molecule has 1 amide bonds. The molecule has 1 unspecified atom stereocenters. The average molecular weight is 452 g/mol. The summed E-state index contributed by atoms with van der Waals surface area (Å²) in [6, 6.07) is 11.7. The molecular weight excluding hydrogens is 441 g/mol. The number of fused-ring (bicyclic) bond motifs is 2. The van der Waals surface area contributed by atoms with Crippen LogP contribution in [-0.2, 0) is 0 Å². The van der Waals surface area contributed by atoms with Crippen molar-refractivity contribution in [3.63, 3.8) is 0 Å². The molecule has 1 aliphatic rings. The van der Waals surface area contributed by atoms with Gasteiger partial charge >= 0.3 is 0 Å². The summed E-state index contributed by atoms with van der Waals surface area (Å²) >= 11 is 3.42. The number of benzene rings is 2. The highest BCUT2D eigenvalue weighted by molar-refractivity contribution is 9.10. The predicted octanol–water partition coefficient (Wildman–Crippen LogP) is 4.23. The van der Waals surface area contributed by atoms with Crippen LogP contribution in [0.2, 0.25) is 0 Å². The number of halogens is 2. The smallest absolute Gasteiger partial charge is 0.297 e. The Kier molecular flexibility index (Phi) is 4.02. The molecule has 8 heteroatoms. The Hall–Kier alpha value is -3.39. The molecule has 2 aromatic carbocycles. The van der Waals surface area contributed by atoms with E-state index in [9.17, 15) is 14.0 Å². The zero-order chi connectivity index (χ0) is 20.1. The first kappa shape index (κ1) is 17.7. The third-order valence-corrected chi connectivity index (χ3v) is 5.26. The van der Waals surface area contributed by atoms with Gasteiger partial charge in [-0.25, -0.2) is 14.4 Å². The van der Waals surface area contributed by atoms with Gasteiger partial charge in [0.2, 0.25) is 11.7 Å². The second-order valence-corrected chi connectivity index (χ2v) is 7.41. The van der Waals surface area contributed by atoms with E-state index in [1.165, 1.54) is 29.4 Å². The molecule has 0 spiro atoms. The van der Waals surface area contributed by atoms with Gasteiger partial charge < -0.3 is 4.42 Å². The Morgan fingerprint density at radius 1 is 1.03 bits per heavy atom. The SMILES string of the molecule is O=C1c2oc3ccc(F)cc3c(=O)c2C(c2cccc(Br)c2)N1c1ncccn1. The summed E-state index contributed by atoms with van der Waals surface area (Å²) in [7, 11) is 0. The molecule has 3 heterocycles. The van der Waals surface area contributed by atoms with Gasteiger partial charge in [-0.15, -0.1) is 0 Å². The van der Waals surface area contributed by atoms with Gasteiger partial charge in [-0.2, -0.15) is 0 Å². The van der Waals surface area contributed by atoms with Gasteiger partial charge in [-0.1, -0.05) is 28.1 Å². The second kappa shape index (κ2) is 6.59. The summed E-state index contributed by atoms with van der Waals surface area (Å²) in [5.41, 5.74) is 0.491. The van der Waals surface area contributed by atoms with Crippen LogP contribution in [0.3, 0.4) is 0 Å². The molecule has 29 heavy (non-hydrogen) atoms. The van der Waals surface area contributed by atoms with Gasteiger partial charge in [0.1, 0.15) is 11.4 Å². The van der Waals surface area contributed by atoms with E-state index in [0.29, 0.717) is 5.56 Å². The van der Waals surface area contributed by atoms with Crippen molar-refractivity contribution in [1.82, 2.24) is 9.97 Å². The van der Waals surface area contributed by atoms with Crippen molar-refractivity contribution in [3.05, 3.63) is 98.3 Å². The maximum Gasteiger partial charge on any atom is 0.297 e. The van der Waals surface area contributed by atoms with Gasteiger partial charge in [0.15, 0.2) is 5.43 Å². The van der Waals surface area contributed by atoms with Crippen molar-refractivity contribution in [3.8, 4) is 0 Å². The lowest BCUT2D eigenvalue weighted by Gasteiger charge is -2.23. The molecule has 1 atom stereocenters. The number of hydrogen-bond acceptors (Lipinski definition) is 5. The fraction of sp³-hybridized carbons (Fsp3) is 0.0476. The van der Waals surface area contributed by atoms with E-state index >= 15 is 0 Å². The fourth-order valence-corrected chi connectivity index (χ4v) is 3.98. The molecule has 4 aromatic rings. The van der Waals surface area contributed by atoms with E-state index < -0.39 is 23.2 Å². The highest BCUT2D eigenvalue weighted by atomic mass is 79.9. The minimum atomic E-state index is -0.804. The lowest BCUT2D eigenvalue weighted by atomic mass is 9.99. The van der Waals surface area contributed by atoms with Crippen LogP contribution in [0.5, 0.6) is 0 Å². The number of carbonyl (C=O) groups is 1. The monoisotopic (exact) mass is 451 g/mol. The average Bonchev–Trinajstić information content (AvgIpc) is 3.02. The van der Waals surface area contributed by atoms with Gasteiger partial charge in [0.25, 0.3) is 5.91 Å². The molecule has 0 aliphatic carbocycles. The van der Waals surface area contributed by atoms with E-state index in [4.69, 9.17) is 4.42 Å². The maximum atomic E-state index is 13.8. The second-order valence-electron chi connectivity index (χ2n) is 6.50. The standard InChI is InChI=1S/C21H11BrFN3O3/c22-12-4-1-3-11(9-12)17-16-18(27)14-10-13(23)5-6-15(14)29-19(16)20(28)26(17)21-24-7-2-8-25-21/h1-10,17H. The summed E-state index contributed by atoms with van der Waals surface area (Å²) in [6.07, 6.45) is 3.02. The van der Waals surface area contributed by atoms with Crippen LogP contribution >= 0.6 is 15.9 Å². The van der Waals surface area contributed by atoms with E-state index in [1.807, 2.05) is 6.07 Å². The molecule has 0 radical (unpaired) electrons. The quantitative estimate of drug-likeness (QED) is 0.455. The lowest BCUT2D eigenvalue weighted by Crippen LogP contribution is -2.31. The number of aromatic nitrogens is 2. The summed E-state index contributed by atoms with van der Waals surface area (Å²) in [6.45, 7) is 0. The van der Waals surface area contributed by atoms with E-state index in [2.05, 4.69) is 25.9 Å². The van der Waals surface area contributed by atoms with Crippen LogP contribution in [0.25, 0.3) is 11.0 Å². The van der Waals surface area contributed by atoms with Crippen LogP contribution < -0.4 is 10.3 Å². The first-order valence-corrected chi connectivity index (χ1v) is 9.46. The fourth-order valence-electron chi connectivity index (χ4n) is 3.56. The molecule has 0 saturated carbocycles. The summed E-state index contributed by atoms with van der Waals surface area (Å²) in [5.74, 6) is -1.04. The van der Waals surface area contributed by atoms with Crippen LogP contribution in [0.1, 0.15) is 27.7 Å². The molecule has 0 N–H and O–H groups in total. The topological polar surface area (TPSA) is 76.3 Å². The Morgan fingerprint density at radius 2 is 1.83 bits per heavy atom. The molecule has 2 aromatic heterocycles. The minimum Gasteiger partial charge on any atom is -0.450 e. The van der Waals surface area contributed by atoms with Crippen molar-refractivity contribution >= 4 is 38.8 Å². The van der Waals surface area contributed by atoms with Crippen LogP contribution in [0, 0.1) is 5.82 Å². The summed E-state index contributed by atoms with van der Waals surface area (Å²) in [5, 5.41) is 0.0763. The Morgan fingerprint density at radius 3 is 2.59 bits per heavy atom. The van der Waals surface area contributed by atoms with Crippen molar-refractivity contribution in [1.29, 1.82) is 0 Å². The molecule has 5 rings (SSSR count). The molecule has 142 valence electrons. The van der Waals surface area contributed by atoms with Crippen molar-refractivity contribution < 1.29 is 13.6 Å². The zero-order valence-corrected chi connectivity index (χ0v) is 16.3. The Balaban J connectivity index is 1.84. The van der Waals surface area contributed by atoms with E-state index in [1.54, 1.807) is 24.3 Å². The Bertz CT molecular complexity index is 1340. The van der Waals surface area contributed by atoms with Crippen LogP contribution in [0.4, 0.5) is 10.3 Å². The number of nitrogens with zero attached hydrogens (tertiary/aromatic N) is 3. The number of hydrogen-bond donors (Lipinski definition) is 0. The summed E-state index contributed by atoms with van der Waals surface area (Å²) in [4.78, 5) is 36.3. The number of rotatable bonds is 2. The van der Waals surface area contributed by atoms with Crippen molar-refractivity contribution in [2.24, 2.45) is 0 Å². The molecule has 6 nitrogen and oxygen atoms in total. The van der Waals surface area contributed by atoms with E-state index in [0.717, 1.165) is 10.5 Å². The number of amides is 1. The van der Waals surface area contributed by atoms with Crippen LogP contribution in [-0.4, -0.2) is 15.9 Å². The number of anilines is 1. The molecular formula is C21H11BrFN3O3. The summed E-state index contributed by atoms with van der Waals surface area (Å²) < 4.78 is 20.3. The third-order valence-electron chi connectivity index (χ3n) is 4.76. The Labute approximate surface area is 171 Å².